The van der Waals surface area contributed by atoms with Crippen LogP contribution in [-0.2, 0) is 0 Å². The van der Waals surface area contributed by atoms with E-state index in [9.17, 15) is 0 Å². The molecule has 0 amide bonds. The fraction of sp³-hybridized carbons (Fsp3) is 0.286. The van der Waals surface area contributed by atoms with Crippen LogP contribution in [-0.4, -0.2) is 23.3 Å². The maximum Gasteiger partial charge on any atom is 0.0317 e. The van der Waals surface area contributed by atoms with E-state index in [1.54, 1.807) is 0 Å². The van der Waals surface area contributed by atoms with Crippen LogP contribution in [0.5, 0.6) is 0 Å². The third-order valence-corrected chi connectivity index (χ3v) is 5.49. The number of benzene rings is 2. The first-order valence-electron chi connectivity index (χ1n) is 5.76. The van der Waals surface area contributed by atoms with Gasteiger partial charge in [0.1, 0.15) is 0 Å². The van der Waals surface area contributed by atoms with Gasteiger partial charge in [-0.3, -0.25) is 0 Å². The van der Waals surface area contributed by atoms with E-state index in [0.717, 1.165) is 11.5 Å². The Balaban J connectivity index is 2.37. The van der Waals surface area contributed by atoms with Crippen molar-refractivity contribution in [1.29, 1.82) is 0 Å². The van der Waals surface area contributed by atoms with E-state index < -0.39 is 0 Å². The molecule has 2 aromatic rings. The monoisotopic (exact) mass is 316 g/mol. The maximum absolute atomic E-state index is 5.76. The minimum Gasteiger partial charge on any atom is -0.126 e. The molecular formula is C14H14Cl2S2. The highest BCUT2D eigenvalue weighted by molar-refractivity contribution is 8.00. The number of hydrogen-bond acceptors (Lipinski definition) is 2. The van der Waals surface area contributed by atoms with Gasteiger partial charge in [-0.1, -0.05) is 24.3 Å². The van der Waals surface area contributed by atoms with E-state index in [-0.39, 0.29) is 0 Å². The lowest BCUT2D eigenvalue weighted by Crippen LogP contribution is -1.85. The minimum atomic E-state index is 0.682. The number of halogens is 2. The molecule has 96 valence electrons. The molecule has 4 heteroatoms. The smallest absolute Gasteiger partial charge is 0.0317 e. The zero-order chi connectivity index (χ0) is 12.8. The van der Waals surface area contributed by atoms with Crippen LogP contribution in [0, 0.1) is 0 Å². The molecule has 0 nitrogen and oxygen atoms in total. The average Bonchev–Trinajstić information content (AvgIpc) is 2.42. The van der Waals surface area contributed by atoms with E-state index in [4.69, 9.17) is 23.2 Å². The molecule has 0 bridgehead atoms. The molecule has 0 saturated heterocycles. The van der Waals surface area contributed by atoms with Crippen molar-refractivity contribution in [2.75, 3.05) is 23.3 Å². The van der Waals surface area contributed by atoms with Crippen LogP contribution in [0.1, 0.15) is 0 Å². The molecule has 2 rings (SSSR count). The lowest BCUT2D eigenvalue weighted by molar-refractivity contribution is 1.44. The highest BCUT2D eigenvalue weighted by atomic mass is 35.5. The molecule has 0 radical (unpaired) electrons. The van der Waals surface area contributed by atoms with Gasteiger partial charge in [0.25, 0.3) is 0 Å². The molecule has 0 saturated carbocycles. The first-order chi connectivity index (χ1) is 8.86. The normalized spacial score (nSPS) is 11.0. The predicted molar refractivity (Wildman–Crippen MR) is 86.8 cm³/mol. The van der Waals surface area contributed by atoms with Crippen molar-refractivity contribution in [3.05, 3.63) is 36.4 Å². The molecular weight excluding hydrogens is 303 g/mol. The quantitative estimate of drug-likeness (QED) is 0.509. The summed E-state index contributed by atoms with van der Waals surface area (Å²) in [4.78, 5) is 2.61. The Kier molecular flexibility index (Phi) is 6.03. The second kappa shape index (κ2) is 7.54. The van der Waals surface area contributed by atoms with Crippen LogP contribution in [0.3, 0.4) is 0 Å². The molecule has 0 fully saturated rings. The Labute approximate surface area is 126 Å². The summed E-state index contributed by atoms with van der Waals surface area (Å²) in [6.45, 7) is 0. The molecule has 0 atom stereocenters. The van der Waals surface area contributed by atoms with Crippen LogP contribution in [0.2, 0.25) is 0 Å². The van der Waals surface area contributed by atoms with E-state index in [1.165, 1.54) is 20.6 Å². The molecule has 2 aromatic carbocycles. The molecule has 0 aromatic heterocycles. The third-order valence-electron chi connectivity index (χ3n) is 2.51. The van der Waals surface area contributed by atoms with E-state index in [2.05, 4.69) is 36.4 Å². The summed E-state index contributed by atoms with van der Waals surface area (Å²) in [6, 6.07) is 12.9. The van der Waals surface area contributed by atoms with Crippen molar-refractivity contribution in [2.45, 2.75) is 9.79 Å². The Morgan fingerprint density at radius 2 is 1.17 bits per heavy atom. The largest absolute Gasteiger partial charge is 0.126 e. The van der Waals surface area contributed by atoms with Crippen LogP contribution >= 0.6 is 46.7 Å². The summed E-state index contributed by atoms with van der Waals surface area (Å²) in [5, 5.41) is 2.62. The van der Waals surface area contributed by atoms with E-state index >= 15 is 0 Å². The number of fused-ring (bicyclic) bond motifs is 1. The van der Waals surface area contributed by atoms with Crippen molar-refractivity contribution in [3.63, 3.8) is 0 Å². The highest BCUT2D eigenvalue weighted by Crippen LogP contribution is 2.33. The molecule has 0 unspecified atom stereocenters. The van der Waals surface area contributed by atoms with Gasteiger partial charge in [-0.05, 0) is 22.9 Å². The predicted octanol–water partition coefficient (Wildman–Crippen LogP) is 5.50. The van der Waals surface area contributed by atoms with Crippen LogP contribution in [0.15, 0.2) is 46.2 Å². The Hall–Kier alpha value is -0.0200. The van der Waals surface area contributed by atoms with Crippen LogP contribution in [0.4, 0.5) is 0 Å². The van der Waals surface area contributed by atoms with Gasteiger partial charge in [-0.2, -0.15) is 0 Å². The maximum atomic E-state index is 5.76. The first-order valence-corrected chi connectivity index (χ1v) is 8.80. The number of hydrogen-bond donors (Lipinski definition) is 0. The van der Waals surface area contributed by atoms with Gasteiger partial charge in [0.15, 0.2) is 0 Å². The summed E-state index contributed by atoms with van der Waals surface area (Å²) in [5.74, 6) is 3.25. The van der Waals surface area contributed by atoms with Crippen molar-refractivity contribution in [2.24, 2.45) is 0 Å². The Morgan fingerprint density at radius 3 is 1.56 bits per heavy atom. The van der Waals surface area contributed by atoms with Crippen LogP contribution in [0.25, 0.3) is 10.8 Å². The fourth-order valence-electron chi connectivity index (χ4n) is 1.80. The molecule has 0 aliphatic carbocycles. The summed E-state index contributed by atoms with van der Waals surface area (Å²) in [7, 11) is 0. The second-order valence-corrected chi connectivity index (χ2v) is 6.71. The minimum absolute atomic E-state index is 0.682. The lowest BCUT2D eigenvalue weighted by Gasteiger charge is -2.09. The third kappa shape index (κ3) is 3.51. The van der Waals surface area contributed by atoms with Crippen molar-refractivity contribution in [3.8, 4) is 0 Å². The topological polar surface area (TPSA) is 0 Å². The van der Waals surface area contributed by atoms with Gasteiger partial charge in [0, 0.05) is 33.1 Å². The fourth-order valence-corrected chi connectivity index (χ4v) is 3.87. The second-order valence-electron chi connectivity index (χ2n) is 3.68. The van der Waals surface area contributed by atoms with E-state index in [1.807, 2.05) is 23.5 Å². The Morgan fingerprint density at radius 1 is 0.722 bits per heavy atom. The summed E-state index contributed by atoms with van der Waals surface area (Å²) >= 11 is 15.2. The number of thioether (sulfide) groups is 2. The molecule has 0 spiro atoms. The van der Waals surface area contributed by atoms with Gasteiger partial charge in [-0.25, -0.2) is 0 Å². The molecule has 0 N–H and O–H groups in total. The van der Waals surface area contributed by atoms with Gasteiger partial charge >= 0.3 is 0 Å². The standard InChI is InChI=1S/C14H14Cl2S2/c15-7-9-17-13-5-1-3-11-12(13)4-2-6-14(11)18-10-8-16/h1-6H,7-10H2. The number of rotatable bonds is 6. The molecule has 0 aliphatic heterocycles. The average molecular weight is 317 g/mol. The number of alkyl halides is 2. The van der Waals surface area contributed by atoms with Gasteiger partial charge in [0.2, 0.25) is 0 Å². The van der Waals surface area contributed by atoms with Gasteiger partial charge < -0.3 is 0 Å². The molecule has 0 aliphatic rings. The lowest BCUT2D eigenvalue weighted by atomic mass is 10.1. The summed E-state index contributed by atoms with van der Waals surface area (Å²) in [5.41, 5.74) is 0. The molecule has 18 heavy (non-hydrogen) atoms. The van der Waals surface area contributed by atoms with Crippen molar-refractivity contribution in [1.82, 2.24) is 0 Å². The van der Waals surface area contributed by atoms with Gasteiger partial charge in [0.05, 0.1) is 0 Å². The van der Waals surface area contributed by atoms with Crippen LogP contribution < -0.4 is 0 Å². The Bertz CT molecular complexity index is 467. The molecule has 0 heterocycles. The van der Waals surface area contributed by atoms with E-state index in [0.29, 0.717) is 11.8 Å². The zero-order valence-electron chi connectivity index (χ0n) is 9.86. The zero-order valence-corrected chi connectivity index (χ0v) is 13.0. The van der Waals surface area contributed by atoms with Crippen molar-refractivity contribution >= 4 is 57.5 Å². The summed E-state index contributed by atoms with van der Waals surface area (Å²) < 4.78 is 0. The first kappa shape index (κ1) is 14.4. The summed E-state index contributed by atoms with van der Waals surface area (Å²) in [6.07, 6.45) is 0. The van der Waals surface area contributed by atoms with Gasteiger partial charge in [-0.15, -0.1) is 46.7 Å². The SMILES string of the molecule is ClCCSc1cccc2c(SCCCl)cccc12. The van der Waals surface area contributed by atoms with Crippen molar-refractivity contribution < 1.29 is 0 Å². The highest BCUT2D eigenvalue weighted by Gasteiger charge is 2.05.